The van der Waals surface area contributed by atoms with E-state index in [1.807, 2.05) is 0 Å². The predicted molar refractivity (Wildman–Crippen MR) is 74.6 cm³/mol. The van der Waals surface area contributed by atoms with Crippen molar-refractivity contribution >= 4 is 0 Å². The maximum Gasteiger partial charge on any atom is -0.00255 e. The summed E-state index contributed by atoms with van der Waals surface area (Å²) in [4.78, 5) is 0. The molecule has 0 aromatic heterocycles. The molecular weight excluding hydrogens is 204 g/mol. The van der Waals surface area contributed by atoms with E-state index in [0.717, 1.165) is 6.42 Å². The summed E-state index contributed by atoms with van der Waals surface area (Å²) in [6.07, 6.45) is 1.03. The van der Waals surface area contributed by atoms with E-state index in [1.165, 1.54) is 33.4 Å². The largest absolute Gasteiger partial charge is 0.0588 e. The van der Waals surface area contributed by atoms with Gasteiger partial charge >= 0.3 is 0 Å². The Morgan fingerprint density at radius 1 is 0.647 bits per heavy atom. The fraction of sp³-hybridized carbons (Fsp3) is 0.294. The quantitative estimate of drug-likeness (QED) is 0.704. The molecule has 0 heterocycles. The summed E-state index contributed by atoms with van der Waals surface area (Å²) in [6.45, 7) is 8.67. The molecule has 88 valence electrons. The van der Waals surface area contributed by atoms with Crippen LogP contribution in [0.3, 0.4) is 0 Å². The number of rotatable bonds is 2. The highest BCUT2D eigenvalue weighted by Crippen LogP contribution is 2.16. The molecule has 0 saturated heterocycles. The summed E-state index contributed by atoms with van der Waals surface area (Å²) >= 11 is 0. The lowest BCUT2D eigenvalue weighted by Gasteiger charge is -2.07. The SMILES string of the molecule is Cc1cc(C)cc(Cc2ccc(C)c(C)c2)c1. The third-order valence-electron chi connectivity index (χ3n) is 3.26. The molecule has 2 aromatic carbocycles. The Morgan fingerprint density at radius 2 is 1.29 bits per heavy atom. The van der Waals surface area contributed by atoms with Crippen LogP contribution in [0.4, 0.5) is 0 Å². The molecule has 0 nitrogen and oxygen atoms in total. The molecule has 0 bridgehead atoms. The minimum Gasteiger partial charge on any atom is -0.0588 e. The first kappa shape index (κ1) is 11.9. The number of aryl methyl sites for hydroxylation is 4. The molecule has 0 amide bonds. The summed E-state index contributed by atoms with van der Waals surface area (Å²) in [6, 6.07) is 13.5. The van der Waals surface area contributed by atoms with Crippen molar-refractivity contribution in [3.05, 3.63) is 69.8 Å². The van der Waals surface area contributed by atoms with Crippen molar-refractivity contribution in [3.63, 3.8) is 0 Å². The highest BCUT2D eigenvalue weighted by atomic mass is 14.1. The topological polar surface area (TPSA) is 0 Å². The van der Waals surface area contributed by atoms with E-state index in [2.05, 4.69) is 64.1 Å². The Morgan fingerprint density at radius 3 is 1.88 bits per heavy atom. The van der Waals surface area contributed by atoms with Crippen LogP contribution in [0.2, 0.25) is 0 Å². The summed E-state index contributed by atoms with van der Waals surface area (Å²) in [5, 5.41) is 0. The zero-order valence-corrected chi connectivity index (χ0v) is 11.2. The number of hydrogen-bond donors (Lipinski definition) is 0. The summed E-state index contributed by atoms with van der Waals surface area (Å²) in [5.41, 5.74) is 8.26. The van der Waals surface area contributed by atoms with Gasteiger partial charge in [0.05, 0.1) is 0 Å². The predicted octanol–water partition coefficient (Wildman–Crippen LogP) is 4.51. The Bertz CT molecular complexity index is 515. The molecule has 0 N–H and O–H groups in total. The molecule has 0 radical (unpaired) electrons. The van der Waals surface area contributed by atoms with Gasteiger partial charge in [0.1, 0.15) is 0 Å². The van der Waals surface area contributed by atoms with E-state index in [-0.39, 0.29) is 0 Å². The van der Waals surface area contributed by atoms with Gasteiger partial charge in [0, 0.05) is 0 Å². The lowest BCUT2D eigenvalue weighted by Crippen LogP contribution is -1.92. The number of benzene rings is 2. The van der Waals surface area contributed by atoms with E-state index in [4.69, 9.17) is 0 Å². The van der Waals surface area contributed by atoms with Crippen LogP contribution < -0.4 is 0 Å². The molecule has 0 aliphatic heterocycles. The first-order chi connectivity index (χ1) is 8.04. The normalized spacial score (nSPS) is 10.6. The van der Waals surface area contributed by atoms with Crippen molar-refractivity contribution in [3.8, 4) is 0 Å². The van der Waals surface area contributed by atoms with Gasteiger partial charge in [-0.25, -0.2) is 0 Å². The van der Waals surface area contributed by atoms with Gasteiger partial charge in [-0.2, -0.15) is 0 Å². The second-order valence-electron chi connectivity index (χ2n) is 5.09. The van der Waals surface area contributed by atoms with Crippen LogP contribution in [0.25, 0.3) is 0 Å². The maximum atomic E-state index is 2.30. The standard InChI is InChI=1S/C17H20/c1-12-7-13(2)9-17(8-12)11-16-6-5-14(3)15(4)10-16/h5-10H,11H2,1-4H3. The zero-order valence-electron chi connectivity index (χ0n) is 11.2. The third kappa shape index (κ3) is 2.97. The fourth-order valence-corrected chi connectivity index (χ4v) is 2.32. The molecular formula is C17H20. The lowest BCUT2D eigenvalue weighted by molar-refractivity contribution is 1.15. The molecule has 0 fully saturated rings. The summed E-state index contributed by atoms with van der Waals surface area (Å²) in [7, 11) is 0. The van der Waals surface area contributed by atoms with Crippen LogP contribution in [-0.2, 0) is 6.42 Å². The second-order valence-corrected chi connectivity index (χ2v) is 5.09. The first-order valence-corrected chi connectivity index (χ1v) is 6.18. The van der Waals surface area contributed by atoms with Gasteiger partial charge in [0.15, 0.2) is 0 Å². The molecule has 0 spiro atoms. The van der Waals surface area contributed by atoms with Crippen LogP contribution in [0.15, 0.2) is 36.4 Å². The van der Waals surface area contributed by atoms with Gasteiger partial charge < -0.3 is 0 Å². The van der Waals surface area contributed by atoms with Crippen molar-refractivity contribution in [1.29, 1.82) is 0 Å². The lowest BCUT2D eigenvalue weighted by atomic mass is 9.98. The third-order valence-corrected chi connectivity index (χ3v) is 3.26. The van der Waals surface area contributed by atoms with Crippen molar-refractivity contribution < 1.29 is 0 Å². The van der Waals surface area contributed by atoms with Crippen LogP contribution >= 0.6 is 0 Å². The fourth-order valence-electron chi connectivity index (χ4n) is 2.32. The summed E-state index contributed by atoms with van der Waals surface area (Å²) < 4.78 is 0. The molecule has 0 unspecified atom stereocenters. The van der Waals surface area contributed by atoms with Crippen LogP contribution in [-0.4, -0.2) is 0 Å². The molecule has 0 aliphatic rings. The van der Waals surface area contributed by atoms with Crippen LogP contribution in [0, 0.1) is 27.7 Å². The van der Waals surface area contributed by atoms with Gasteiger partial charge in [-0.05, 0) is 56.4 Å². The van der Waals surface area contributed by atoms with Crippen molar-refractivity contribution in [2.75, 3.05) is 0 Å². The van der Waals surface area contributed by atoms with Crippen molar-refractivity contribution in [1.82, 2.24) is 0 Å². The molecule has 2 aromatic rings. The van der Waals surface area contributed by atoms with E-state index in [9.17, 15) is 0 Å². The maximum absolute atomic E-state index is 2.30. The van der Waals surface area contributed by atoms with E-state index < -0.39 is 0 Å². The van der Waals surface area contributed by atoms with Crippen molar-refractivity contribution in [2.24, 2.45) is 0 Å². The van der Waals surface area contributed by atoms with Gasteiger partial charge in [-0.1, -0.05) is 47.5 Å². The molecule has 0 heteroatoms. The van der Waals surface area contributed by atoms with Crippen molar-refractivity contribution in [2.45, 2.75) is 34.1 Å². The molecule has 2 rings (SSSR count). The summed E-state index contributed by atoms with van der Waals surface area (Å²) in [5.74, 6) is 0. The van der Waals surface area contributed by atoms with Gasteiger partial charge in [-0.3, -0.25) is 0 Å². The first-order valence-electron chi connectivity index (χ1n) is 6.18. The van der Waals surface area contributed by atoms with Gasteiger partial charge in [0.2, 0.25) is 0 Å². The highest BCUT2D eigenvalue weighted by molar-refractivity contribution is 5.36. The second kappa shape index (κ2) is 4.75. The number of hydrogen-bond acceptors (Lipinski definition) is 0. The van der Waals surface area contributed by atoms with Crippen LogP contribution in [0.5, 0.6) is 0 Å². The molecule has 0 aliphatic carbocycles. The Balaban J connectivity index is 2.28. The molecule has 0 saturated carbocycles. The van der Waals surface area contributed by atoms with E-state index >= 15 is 0 Å². The molecule has 17 heavy (non-hydrogen) atoms. The highest BCUT2D eigenvalue weighted by Gasteiger charge is 2.00. The van der Waals surface area contributed by atoms with E-state index in [0.29, 0.717) is 0 Å². The van der Waals surface area contributed by atoms with Gasteiger partial charge in [-0.15, -0.1) is 0 Å². The monoisotopic (exact) mass is 224 g/mol. The zero-order chi connectivity index (χ0) is 12.4. The smallest absolute Gasteiger partial charge is 0.00255 e. The molecule has 0 atom stereocenters. The minimum absolute atomic E-state index is 1.03. The average Bonchev–Trinajstić information content (AvgIpc) is 2.22. The average molecular weight is 224 g/mol. The Hall–Kier alpha value is -1.56. The minimum atomic E-state index is 1.03. The Kier molecular flexibility index (Phi) is 3.33. The van der Waals surface area contributed by atoms with Gasteiger partial charge in [0.25, 0.3) is 0 Å². The Labute approximate surface area is 104 Å². The van der Waals surface area contributed by atoms with Crippen LogP contribution in [0.1, 0.15) is 33.4 Å². The van der Waals surface area contributed by atoms with E-state index in [1.54, 1.807) is 0 Å².